The summed E-state index contributed by atoms with van der Waals surface area (Å²) in [6, 6.07) is 4.28. The Bertz CT molecular complexity index is 636. The summed E-state index contributed by atoms with van der Waals surface area (Å²) in [6.07, 6.45) is 0. The van der Waals surface area contributed by atoms with E-state index in [1.165, 1.54) is 6.07 Å². The molecule has 0 unspecified atom stereocenters. The number of halogens is 1. The van der Waals surface area contributed by atoms with Gasteiger partial charge in [0.05, 0.1) is 12.1 Å². The molecule has 0 aromatic carbocycles. The van der Waals surface area contributed by atoms with Gasteiger partial charge < -0.3 is 9.72 Å². The molecule has 0 atom stereocenters. The number of hydrogen-bond acceptors (Lipinski definition) is 4. The SMILES string of the molecule is CCOC(=O)c1cc(=O)c2nc(Cl)ccc2[nH]1. The molecule has 0 aliphatic heterocycles. The fourth-order valence-electron chi connectivity index (χ4n) is 1.42. The van der Waals surface area contributed by atoms with Gasteiger partial charge in [0.15, 0.2) is 0 Å². The lowest BCUT2D eigenvalue weighted by Crippen LogP contribution is -2.13. The number of pyridine rings is 2. The summed E-state index contributed by atoms with van der Waals surface area (Å²) in [6.45, 7) is 1.94. The maximum Gasteiger partial charge on any atom is 0.354 e. The average Bonchev–Trinajstić information content (AvgIpc) is 2.30. The molecule has 0 saturated heterocycles. The largest absolute Gasteiger partial charge is 0.461 e. The Balaban J connectivity index is 2.60. The molecule has 2 rings (SSSR count). The van der Waals surface area contributed by atoms with Crippen molar-refractivity contribution in [2.75, 3.05) is 6.61 Å². The zero-order valence-corrected chi connectivity index (χ0v) is 9.75. The third-order valence-electron chi connectivity index (χ3n) is 2.13. The van der Waals surface area contributed by atoms with Crippen LogP contribution in [0.4, 0.5) is 0 Å². The molecule has 0 amide bonds. The average molecular weight is 253 g/mol. The second-order valence-electron chi connectivity index (χ2n) is 3.30. The lowest BCUT2D eigenvalue weighted by Gasteiger charge is -2.03. The third kappa shape index (κ3) is 2.29. The molecule has 0 fully saturated rings. The van der Waals surface area contributed by atoms with Crippen LogP contribution in [0.2, 0.25) is 5.15 Å². The van der Waals surface area contributed by atoms with Gasteiger partial charge in [-0.25, -0.2) is 9.78 Å². The van der Waals surface area contributed by atoms with Gasteiger partial charge in [-0.1, -0.05) is 11.6 Å². The van der Waals surface area contributed by atoms with Crippen molar-refractivity contribution in [3.63, 3.8) is 0 Å². The zero-order chi connectivity index (χ0) is 12.4. The Morgan fingerprint density at radius 1 is 1.53 bits per heavy atom. The van der Waals surface area contributed by atoms with Gasteiger partial charge in [-0.05, 0) is 19.1 Å². The smallest absolute Gasteiger partial charge is 0.354 e. The Morgan fingerprint density at radius 2 is 2.29 bits per heavy atom. The molecule has 0 aliphatic rings. The van der Waals surface area contributed by atoms with Crippen LogP contribution in [0, 0.1) is 0 Å². The van der Waals surface area contributed by atoms with Crippen LogP contribution < -0.4 is 5.43 Å². The number of aromatic amines is 1. The standard InChI is InChI=1S/C11H9ClN2O3/c1-2-17-11(16)7-5-8(15)10-6(13-7)3-4-9(12)14-10/h3-5H,2H2,1H3,(H,13,15). The van der Waals surface area contributed by atoms with Crippen molar-refractivity contribution in [1.29, 1.82) is 0 Å². The van der Waals surface area contributed by atoms with E-state index >= 15 is 0 Å². The molecule has 2 heterocycles. The number of aromatic nitrogens is 2. The molecule has 0 saturated carbocycles. The summed E-state index contributed by atoms with van der Waals surface area (Å²) >= 11 is 5.69. The monoisotopic (exact) mass is 252 g/mol. The minimum Gasteiger partial charge on any atom is -0.461 e. The normalized spacial score (nSPS) is 10.5. The maximum atomic E-state index is 11.7. The molecule has 0 aliphatic carbocycles. The predicted molar refractivity (Wildman–Crippen MR) is 63.3 cm³/mol. The topological polar surface area (TPSA) is 72.1 Å². The summed E-state index contributed by atoms with van der Waals surface area (Å²) in [7, 11) is 0. The van der Waals surface area contributed by atoms with Crippen molar-refractivity contribution in [1.82, 2.24) is 9.97 Å². The van der Waals surface area contributed by atoms with Crippen LogP contribution in [0.15, 0.2) is 23.0 Å². The van der Waals surface area contributed by atoms with Crippen molar-refractivity contribution in [2.45, 2.75) is 6.92 Å². The Hall–Kier alpha value is -1.88. The molecule has 2 aromatic rings. The summed E-state index contributed by atoms with van der Waals surface area (Å²) in [5.41, 5.74) is 0.383. The Kier molecular flexibility index (Phi) is 3.10. The number of H-pyrrole nitrogens is 1. The van der Waals surface area contributed by atoms with Crippen LogP contribution in [-0.2, 0) is 4.74 Å². The molecular weight excluding hydrogens is 244 g/mol. The van der Waals surface area contributed by atoms with Gasteiger partial charge in [0.2, 0.25) is 5.43 Å². The first-order valence-corrected chi connectivity index (χ1v) is 5.36. The van der Waals surface area contributed by atoms with Gasteiger partial charge in [-0.15, -0.1) is 0 Å². The highest BCUT2D eigenvalue weighted by atomic mass is 35.5. The number of esters is 1. The summed E-state index contributed by atoms with van der Waals surface area (Å²) < 4.78 is 4.80. The number of fused-ring (bicyclic) bond motifs is 1. The van der Waals surface area contributed by atoms with E-state index in [0.29, 0.717) is 5.52 Å². The molecule has 1 N–H and O–H groups in total. The van der Waals surface area contributed by atoms with Crippen molar-refractivity contribution >= 4 is 28.6 Å². The first kappa shape index (κ1) is 11.6. The molecule has 0 bridgehead atoms. The number of carbonyl (C=O) groups is 1. The van der Waals surface area contributed by atoms with Gasteiger partial charge in [0.1, 0.15) is 16.4 Å². The molecular formula is C11H9ClN2O3. The van der Waals surface area contributed by atoms with Crippen molar-refractivity contribution < 1.29 is 9.53 Å². The molecule has 5 nitrogen and oxygen atoms in total. The minimum atomic E-state index is -0.568. The van der Waals surface area contributed by atoms with Crippen LogP contribution in [0.25, 0.3) is 11.0 Å². The zero-order valence-electron chi connectivity index (χ0n) is 8.99. The third-order valence-corrected chi connectivity index (χ3v) is 2.35. The summed E-state index contributed by atoms with van der Waals surface area (Å²) in [5, 5.41) is 0.229. The number of nitrogens with zero attached hydrogens (tertiary/aromatic N) is 1. The van der Waals surface area contributed by atoms with Crippen molar-refractivity contribution in [2.24, 2.45) is 0 Å². The number of ether oxygens (including phenoxy) is 1. The number of rotatable bonds is 2. The first-order valence-electron chi connectivity index (χ1n) is 4.98. The maximum absolute atomic E-state index is 11.7. The van der Waals surface area contributed by atoms with Crippen LogP contribution in [0.3, 0.4) is 0 Å². The molecule has 0 radical (unpaired) electrons. The van der Waals surface area contributed by atoms with E-state index in [9.17, 15) is 9.59 Å². The number of carbonyl (C=O) groups excluding carboxylic acids is 1. The quantitative estimate of drug-likeness (QED) is 0.653. The summed E-state index contributed by atoms with van der Waals surface area (Å²) in [5.74, 6) is -0.568. The van der Waals surface area contributed by atoms with Gasteiger partial charge >= 0.3 is 5.97 Å². The minimum absolute atomic E-state index is 0.105. The highest BCUT2D eigenvalue weighted by Gasteiger charge is 2.11. The Morgan fingerprint density at radius 3 is 3.00 bits per heavy atom. The van der Waals surface area contributed by atoms with E-state index in [1.54, 1.807) is 13.0 Å². The van der Waals surface area contributed by atoms with E-state index in [4.69, 9.17) is 16.3 Å². The van der Waals surface area contributed by atoms with Crippen LogP contribution in [0.1, 0.15) is 17.4 Å². The van der Waals surface area contributed by atoms with Gasteiger partial charge in [-0.3, -0.25) is 4.79 Å². The molecule has 88 valence electrons. The molecule has 2 aromatic heterocycles. The lowest BCUT2D eigenvalue weighted by atomic mass is 10.2. The fourth-order valence-corrected chi connectivity index (χ4v) is 1.57. The van der Waals surface area contributed by atoms with Crippen molar-refractivity contribution in [3.05, 3.63) is 39.3 Å². The highest BCUT2D eigenvalue weighted by Crippen LogP contribution is 2.11. The fraction of sp³-hybridized carbons (Fsp3) is 0.182. The lowest BCUT2D eigenvalue weighted by molar-refractivity contribution is 0.0520. The van der Waals surface area contributed by atoms with E-state index in [1.807, 2.05) is 0 Å². The van der Waals surface area contributed by atoms with Crippen LogP contribution >= 0.6 is 11.6 Å². The number of hydrogen-bond donors (Lipinski definition) is 1. The molecule has 0 spiro atoms. The van der Waals surface area contributed by atoms with Crippen LogP contribution in [0.5, 0.6) is 0 Å². The Labute approximate surface area is 101 Å². The van der Waals surface area contributed by atoms with Gasteiger partial charge in [-0.2, -0.15) is 0 Å². The van der Waals surface area contributed by atoms with E-state index in [2.05, 4.69) is 9.97 Å². The second kappa shape index (κ2) is 4.55. The molecule has 6 heteroatoms. The second-order valence-corrected chi connectivity index (χ2v) is 3.69. The van der Waals surface area contributed by atoms with Gasteiger partial charge in [0, 0.05) is 6.07 Å². The van der Waals surface area contributed by atoms with E-state index in [-0.39, 0.29) is 28.4 Å². The highest BCUT2D eigenvalue weighted by molar-refractivity contribution is 6.29. The molecule has 17 heavy (non-hydrogen) atoms. The van der Waals surface area contributed by atoms with E-state index in [0.717, 1.165) is 6.07 Å². The van der Waals surface area contributed by atoms with Crippen molar-refractivity contribution in [3.8, 4) is 0 Å². The predicted octanol–water partition coefficient (Wildman–Crippen LogP) is 1.75. The van der Waals surface area contributed by atoms with Crippen LogP contribution in [-0.4, -0.2) is 22.5 Å². The number of nitrogens with one attached hydrogen (secondary N) is 1. The van der Waals surface area contributed by atoms with E-state index < -0.39 is 5.97 Å². The van der Waals surface area contributed by atoms with Gasteiger partial charge in [0.25, 0.3) is 0 Å². The summed E-state index contributed by atoms with van der Waals surface area (Å²) in [4.78, 5) is 29.9. The first-order chi connectivity index (χ1) is 8.11.